The van der Waals surface area contributed by atoms with Crippen LogP contribution in [-0.4, -0.2) is 5.78 Å². The van der Waals surface area contributed by atoms with E-state index in [0.29, 0.717) is 11.8 Å². The summed E-state index contributed by atoms with van der Waals surface area (Å²) < 4.78 is 0.890. The van der Waals surface area contributed by atoms with Crippen molar-refractivity contribution < 1.29 is 4.79 Å². The molecule has 5 rings (SSSR count). The lowest BCUT2D eigenvalue weighted by Crippen LogP contribution is -2.18. The normalized spacial score (nSPS) is 20.5. The van der Waals surface area contributed by atoms with Gasteiger partial charge in [0.2, 0.25) is 0 Å². The SMILES string of the molecule is CC(=O)c1cc2ccc3c(c2cc1Br)CC(C)C1=C3C=CC(c2ccccc2)C1. The summed E-state index contributed by atoms with van der Waals surface area (Å²) in [6.45, 7) is 3.98. The van der Waals surface area contributed by atoms with Gasteiger partial charge in [0.05, 0.1) is 0 Å². The first-order valence-corrected chi connectivity index (χ1v) is 11.0. The van der Waals surface area contributed by atoms with Crippen LogP contribution in [-0.2, 0) is 6.42 Å². The van der Waals surface area contributed by atoms with Gasteiger partial charge in [-0.05, 0) is 70.9 Å². The van der Waals surface area contributed by atoms with Crippen LogP contribution in [0.2, 0.25) is 0 Å². The van der Waals surface area contributed by atoms with E-state index in [1.807, 2.05) is 6.07 Å². The van der Waals surface area contributed by atoms with E-state index < -0.39 is 0 Å². The van der Waals surface area contributed by atoms with E-state index >= 15 is 0 Å². The highest BCUT2D eigenvalue weighted by molar-refractivity contribution is 9.10. The maximum atomic E-state index is 11.9. The third-order valence-corrected chi connectivity index (χ3v) is 7.16. The van der Waals surface area contributed by atoms with E-state index in [2.05, 4.69) is 83.5 Å². The van der Waals surface area contributed by atoms with E-state index in [9.17, 15) is 4.79 Å². The molecule has 0 amide bonds. The zero-order chi connectivity index (χ0) is 20.1. The number of carbonyl (C=O) groups excluding carboxylic acids is 1. The molecule has 0 saturated heterocycles. The van der Waals surface area contributed by atoms with Crippen LogP contribution in [0.3, 0.4) is 0 Å². The Bertz CT molecular complexity index is 1200. The van der Waals surface area contributed by atoms with Gasteiger partial charge in [-0.25, -0.2) is 0 Å². The van der Waals surface area contributed by atoms with Crippen molar-refractivity contribution in [3.05, 3.63) is 99.0 Å². The Kier molecular flexibility index (Phi) is 4.55. The number of allylic oxidation sites excluding steroid dienone is 4. The highest BCUT2D eigenvalue weighted by atomic mass is 79.9. The number of fused-ring (bicyclic) bond motifs is 4. The number of benzene rings is 3. The predicted molar refractivity (Wildman–Crippen MR) is 124 cm³/mol. The van der Waals surface area contributed by atoms with Crippen molar-refractivity contribution in [2.45, 2.75) is 32.6 Å². The fraction of sp³-hybridized carbons (Fsp3) is 0.222. The molecule has 0 aliphatic heterocycles. The van der Waals surface area contributed by atoms with Crippen molar-refractivity contribution in [1.82, 2.24) is 0 Å². The van der Waals surface area contributed by atoms with Gasteiger partial charge < -0.3 is 0 Å². The summed E-state index contributed by atoms with van der Waals surface area (Å²) in [6.07, 6.45) is 6.86. The van der Waals surface area contributed by atoms with Crippen molar-refractivity contribution >= 4 is 38.1 Å². The Morgan fingerprint density at radius 3 is 2.59 bits per heavy atom. The highest BCUT2D eigenvalue weighted by Gasteiger charge is 2.29. The fourth-order valence-corrected chi connectivity index (χ4v) is 5.59. The molecule has 3 aromatic rings. The first kappa shape index (κ1) is 18.6. The van der Waals surface area contributed by atoms with Crippen molar-refractivity contribution in [3.8, 4) is 0 Å². The molecule has 0 spiro atoms. The predicted octanol–water partition coefficient (Wildman–Crippen LogP) is 7.49. The molecule has 29 heavy (non-hydrogen) atoms. The van der Waals surface area contributed by atoms with Crippen LogP contribution in [0.5, 0.6) is 0 Å². The van der Waals surface area contributed by atoms with Gasteiger partial charge in [0.15, 0.2) is 5.78 Å². The maximum Gasteiger partial charge on any atom is 0.160 e. The van der Waals surface area contributed by atoms with E-state index in [1.54, 1.807) is 12.5 Å². The minimum Gasteiger partial charge on any atom is -0.294 e. The van der Waals surface area contributed by atoms with Crippen LogP contribution in [0.25, 0.3) is 16.3 Å². The zero-order valence-corrected chi connectivity index (χ0v) is 18.3. The largest absolute Gasteiger partial charge is 0.294 e. The molecule has 0 N–H and O–H groups in total. The summed E-state index contributed by atoms with van der Waals surface area (Å²) in [5.41, 5.74) is 7.90. The van der Waals surface area contributed by atoms with E-state index in [0.717, 1.165) is 28.3 Å². The summed E-state index contributed by atoms with van der Waals surface area (Å²) in [5.74, 6) is 1.08. The quantitative estimate of drug-likeness (QED) is 0.375. The number of ketones is 1. The lowest BCUT2D eigenvalue weighted by molar-refractivity contribution is 0.101. The number of rotatable bonds is 2. The molecule has 0 heterocycles. The Morgan fingerprint density at radius 2 is 1.83 bits per heavy atom. The molecule has 0 aromatic heterocycles. The van der Waals surface area contributed by atoms with Crippen molar-refractivity contribution in [1.29, 1.82) is 0 Å². The van der Waals surface area contributed by atoms with Gasteiger partial charge in [-0.1, -0.05) is 83.0 Å². The number of halogens is 1. The van der Waals surface area contributed by atoms with Crippen LogP contribution in [0.15, 0.2) is 76.8 Å². The lowest BCUT2D eigenvalue weighted by Gasteiger charge is -2.33. The minimum atomic E-state index is 0.0945. The second-order valence-electron chi connectivity index (χ2n) is 8.33. The summed E-state index contributed by atoms with van der Waals surface area (Å²) in [5, 5.41) is 2.41. The average molecular weight is 443 g/mol. The van der Waals surface area contributed by atoms with E-state index in [-0.39, 0.29) is 5.78 Å². The second kappa shape index (κ2) is 7.11. The molecular formula is C27H23BrO. The third kappa shape index (κ3) is 3.11. The Hall–Kier alpha value is -2.45. The first-order chi connectivity index (χ1) is 14.0. The highest BCUT2D eigenvalue weighted by Crippen LogP contribution is 2.46. The molecule has 1 nitrogen and oxygen atoms in total. The maximum absolute atomic E-state index is 11.9. The minimum absolute atomic E-state index is 0.0945. The van der Waals surface area contributed by atoms with Crippen LogP contribution in [0, 0.1) is 5.92 Å². The molecular weight excluding hydrogens is 420 g/mol. The van der Waals surface area contributed by atoms with Crippen molar-refractivity contribution in [2.75, 3.05) is 0 Å². The number of Topliss-reactive ketones (excluding diaryl/α,β-unsaturated/α-hetero) is 1. The molecule has 0 fully saturated rings. The fourth-order valence-electron chi connectivity index (χ4n) is 4.97. The van der Waals surface area contributed by atoms with Crippen molar-refractivity contribution in [3.63, 3.8) is 0 Å². The molecule has 2 atom stereocenters. The van der Waals surface area contributed by atoms with E-state index in [4.69, 9.17) is 0 Å². The van der Waals surface area contributed by atoms with E-state index in [1.165, 1.54) is 27.6 Å². The summed E-state index contributed by atoms with van der Waals surface area (Å²) in [4.78, 5) is 11.9. The molecule has 0 bridgehead atoms. The third-order valence-electron chi connectivity index (χ3n) is 6.50. The van der Waals surface area contributed by atoms with Gasteiger partial charge in [0, 0.05) is 16.0 Å². The molecule has 2 unspecified atom stereocenters. The van der Waals surface area contributed by atoms with Gasteiger partial charge >= 0.3 is 0 Å². The summed E-state index contributed by atoms with van der Waals surface area (Å²) in [6, 6.07) is 19.4. The van der Waals surface area contributed by atoms with Crippen LogP contribution < -0.4 is 0 Å². The van der Waals surface area contributed by atoms with Gasteiger partial charge in [-0.3, -0.25) is 4.79 Å². The zero-order valence-electron chi connectivity index (χ0n) is 16.7. The first-order valence-electron chi connectivity index (χ1n) is 10.3. The average Bonchev–Trinajstić information content (AvgIpc) is 2.73. The lowest BCUT2D eigenvalue weighted by atomic mass is 9.71. The van der Waals surface area contributed by atoms with Gasteiger partial charge in [0.1, 0.15) is 0 Å². The molecule has 2 heteroatoms. The Balaban J connectivity index is 1.62. The molecule has 0 saturated carbocycles. The van der Waals surface area contributed by atoms with Crippen molar-refractivity contribution in [2.24, 2.45) is 5.92 Å². The van der Waals surface area contributed by atoms with Gasteiger partial charge in [-0.2, -0.15) is 0 Å². The Morgan fingerprint density at radius 1 is 1.03 bits per heavy atom. The molecule has 144 valence electrons. The summed E-state index contributed by atoms with van der Waals surface area (Å²) in [7, 11) is 0. The van der Waals surface area contributed by atoms with Crippen LogP contribution >= 0.6 is 15.9 Å². The molecule has 2 aliphatic rings. The second-order valence-corrected chi connectivity index (χ2v) is 9.18. The topological polar surface area (TPSA) is 17.1 Å². The molecule has 2 aliphatic carbocycles. The molecule has 3 aromatic carbocycles. The summed E-state index contributed by atoms with van der Waals surface area (Å²) >= 11 is 3.62. The van der Waals surface area contributed by atoms with Gasteiger partial charge in [0.25, 0.3) is 0 Å². The molecule has 0 radical (unpaired) electrons. The standard InChI is InChI=1S/C27H23BrO/c1-16-12-26-22(11-9-20-14-24(17(2)29)27(28)15-25(20)26)21-10-8-19(13-23(16)21)18-6-4-3-5-7-18/h3-11,14-16,19H,12-13H2,1-2H3. The number of hydrogen-bond acceptors (Lipinski definition) is 1. The van der Waals surface area contributed by atoms with Gasteiger partial charge in [-0.15, -0.1) is 0 Å². The smallest absolute Gasteiger partial charge is 0.160 e. The number of carbonyl (C=O) groups is 1. The van der Waals surface area contributed by atoms with Crippen LogP contribution in [0.1, 0.15) is 53.2 Å². The monoisotopic (exact) mass is 442 g/mol. The van der Waals surface area contributed by atoms with Crippen LogP contribution in [0.4, 0.5) is 0 Å². The number of hydrogen-bond donors (Lipinski definition) is 0. The Labute approximate surface area is 180 Å².